The summed E-state index contributed by atoms with van der Waals surface area (Å²) in [5, 5.41) is 9.19. The van der Waals surface area contributed by atoms with E-state index in [0.717, 1.165) is 11.3 Å². The van der Waals surface area contributed by atoms with Crippen LogP contribution in [0.4, 0.5) is 0 Å². The van der Waals surface area contributed by atoms with E-state index < -0.39 is 5.97 Å². The van der Waals surface area contributed by atoms with Crippen LogP contribution in [0.25, 0.3) is 0 Å². The van der Waals surface area contributed by atoms with Crippen LogP contribution in [0.2, 0.25) is 4.34 Å². The summed E-state index contributed by atoms with van der Waals surface area (Å²) in [4.78, 5) is 12.2. The predicted octanol–water partition coefficient (Wildman–Crippen LogP) is 4.47. The molecule has 1 N–H and O–H groups in total. The fraction of sp³-hybridized carbons (Fsp3) is 0.267. The van der Waals surface area contributed by atoms with Crippen molar-refractivity contribution in [2.75, 3.05) is 6.61 Å². The molecule has 1 heterocycles. The molecule has 0 saturated heterocycles. The standard InChI is InChI=1S/C15H15ClO4S/c1-2-7-19-10-3-5-12(15(17)18)13(8-10)20-9-11-4-6-14(16)21-11/h3-6,8H,2,7,9H2,1H3,(H,17,18). The molecule has 0 spiro atoms. The lowest BCUT2D eigenvalue weighted by molar-refractivity contribution is 0.0691. The van der Waals surface area contributed by atoms with Crippen LogP contribution in [-0.4, -0.2) is 17.7 Å². The third-order valence-electron chi connectivity index (χ3n) is 2.66. The maximum Gasteiger partial charge on any atom is 0.339 e. The average molecular weight is 327 g/mol. The number of aromatic carboxylic acids is 1. The van der Waals surface area contributed by atoms with Crippen LogP contribution in [0.5, 0.6) is 11.5 Å². The van der Waals surface area contributed by atoms with Crippen LogP contribution in [0.15, 0.2) is 30.3 Å². The number of ether oxygens (including phenoxy) is 2. The number of hydrogen-bond acceptors (Lipinski definition) is 4. The molecule has 1 aromatic carbocycles. The van der Waals surface area contributed by atoms with Crippen LogP contribution < -0.4 is 9.47 Å². The number of hydrogen-bond donors (Lipinski definition) is 1. The highest BCUT2D eigenvalue weighted by atomic mass is 35.5. The summed E-state index contributed by atoms with van der Waals surface area (Å²) in [5.41, 5.74) is 0.113. The molecule has 0 bridgehead atoms. The van der Waals surface area contributed by atoms with Gasteiger partial charge < -0.3 is 14.6 Å². The summed E-state index contributed by atoms with van der Waals surface area (Å²) in [6.07, 6.45) is 0.880. The summed E-state index contributed by atoms with van der Waals surface area (Å²) in [6, 6.07) is 8.36. The van der Waals surface area contributed by atoms with Gasteiger partial charge >= 0.3 is 5.97 Å². The molecule has 0 atom stereocenters. The first kappa shape index (κ1) is 15.7. The first-order valence-electron chi connectivity index (χ1n) is 6.47. The van der Waals surface area contributed by atoms with Crippen molar-refractivity contribution in [3.05, 3.63) is 45.1 Å². The second kappa shape index (κ2) is 7.33. The molecule has 0 radical (unpaired) electrons. The highest BCUT2D eigenvalue weighted by Gasteiger charge is 2.13. The normalized spacial score (nSPS) is 10.4. The molecule has 0 saturated carbocycles. The van der Waals surface area contributed by atoms with Gasteiger partial charge in [0.25, 0.3) is 0 Å². The Bertz CT molecular complexity index is 624. The van der Waals surface area contributed by atoms with E-state index in [1.165, 1.54) is 17.4 Å². The molecule has 0 aliphatic carbocycles. The van der Waals surface area contributed by atoms with Gasteiger partial charge in [0.2, 0.25) is 0 Å². The van der Waals surface area contributed by atoms with Crippen molar-refractivity contribution in [3.63, 3.8) is 0 Å². The Morgan fingerprint density at radius 2 is 2.10 bits per heavy atom. The predicted molar refractivity (Wildman–Crippen MR) is 82.8 cm³/mol. The van der Waals surface area contributed by atoms with E-state index >= 15 is 0 Å². The molecule has 21 heavy (non-hydrogen) atoms. The third-order valence-corrected chi connectivity index (χ3v) is 3.86. The number of carbonyl (C=O) groups is 1. The Morgan fingerprint density at radius 3 is 2.71 bits per heavy atom. The number of halogens is 1. The lowest BCUT2D eigenvalue weighted by atomic mass is 10.2. The molecule has 0 aliphatic rings. The quantitative estimate of drug-likeness (QED) is 0.815. The average Bonchev–Trinajstić information content (AvgIpc) is 2.88. The van der Waals surface area contributed by atoms with Crippen LogP contribution in [0.1, 0.15) is 28.6 Å². The minimum atomic E-state index is -1.03. The molecule has 0 aliphatic heterocycles. The van der Waals surface area contributed by atoms with Crippen molar-refractivity contribution in [2.24, 2.45) is 0 Å². The minimum Gasteiger partial charge on any atom is -0.493 e. The molecule has 1 aromatic heterocycles. The first-order chi connectivity index (χ1) is 10.1. The lowest BCUT2D eigenvalue weighted by Gasteiger charge is -2.11. The second-order valence-corrected chi connectivity index (χ2v) is 6.11. The fourth-order valence-corrected chi connectivity index (χ4v) is 2.69. The van der Waals surface area contributed by atoms with Gasteiger partial charge in [-0.15, -0.1) is 11.3 Å². The lowest BCUT2D eigenvalue weighted by Crippen LogP contribution is -2.04. The van der Waals surface area contributed by atoms with E-state index in [0.29, 0.717) is 22.4 Å². The Kier molecular flexibility index (Phi) is 5.47. The van der Waals surface area contributed by atoms with Crippen LogP contribution in [0, 0.1) is 0 Å². The van der Waals surface area contributed by atoms with E-state index in [1.807, 2.05) is 13.0 Å². The SMILES string of the molecule is CCCOc1ccc(C(=O)O)c(OCc2ccc(Cl)s2)c1. The Balaban J connectivity index is 2.15. The number of rotatable bonds is 7. The van der Waals surface area contributed by atoms with E-state index in [4.69, 9.17) is 21.1 Å². The van der Waals surface area contributed by atoms with Crippen molar-refractivity contribution in [3.8, 4) is 11.5 Å². The van der Waals surface area contributed by atoms with Gasteiger partial charge in [-0.2, -0.15) is 0 Å². The molecular weight excluding hydrogens is 312 g/mol. The molecule has 2 rings (SSSR count). The Morgan fingerprint density at radius 1 is 1.29 bits per heavy atom. The van der Waals surface area contributed by atoms with E-state index in [1.54, 1.807) is 18.2 Å². The van der Waals surface area contributed by atoms with Crippen LogP contribution in [0.3, 0.4) is 0 Å². The minimum absolute atomic E-state index is 0.113. The van der Waals surface area contributed by atoms with Crippen molar-refractivity contribution < 1.29 is 19.4 Å². The molecule has 2 aromatic rings. The highest BCUT2D eigenvalue weighted by molar-refractivity contribution is 7.16. The van der Waals surface area contributed by atoms with Gasteiger partial charge in [0.15, 0.2) is 0 Å². The van der Waals surface area contributed by atoms with E-state index in [9.17, 15) is 9.90 Å². The largest absolute Gasteiger partial charge is 0.493 e. The summed E-state index contributed by atoms with van der Waals surface area (Å²) in [6.45, 7) is 2.85. The number of carboxylic acids is 1. The summed E-state index contributed by atoms with van der Waals surface area (Å²) in [7, 11) is 0. The van der Waals surface area contributed by atoms with Crippen molar-refractivity contribution in [1.29, 1.82) is 0 Å². The van der Waals surface area contributed by atoms with Gasteiger partial charge in [0, 0.05) is 10.9 Å². The smallest absolute Gasteiger partial charge is 0.339 e. The van der Waals surface area contributed by atoms with Gasteiger partial charge in [-0.1, -0.05) is 18.5 Å². The van der Waals surface area contributed by atoms with Gasteiger partial charge in [-0.25, -0.2) is 4.79 Å². The number of benzene rings is 1. The molecular formula is C15H15ClO4S. The first-order valence-corrected chi connectivity index (χ1v) is 7.66. The summed E-state index contributed by atoms with van der Waals surface area (Å²) >= 11 is 7.26. The molecule has 4 nitrogen and oxygen atoms in total. The van der Waals surface area contributed by atoms with E-state index in [2.05, 4.69) is 0 Å². The Hall–Kier alpha value is -1.72. The zero-order chi connectivity index (χ0) is 15.2. The fourth-order valence-electron chi connectivity index (χ4n) is 1.69. The van der Waals surface area contributed by atoms with Gasteiger partial charge in [0.1, 0.15) is 23.7 Å². The van der Waals surface area contributed by atoms with Crippen LogP contribution in [-0.2, 0) is 6.61 Å². The zero-order valence-electron chi connectivity index (χ0n) is 11.5. The summed E-state index contributed by atoms with van der Waals surface area (Å²) in [5.74, 6) is -0.141. The van der Waals surface area contributed by atoms with E-state index in [-0.39, 0.29) is 12.2 Å². The Labute approximate surface area is 131 Å². The molecule has 0 fully saturated rings. The maximum atomic E-state index is 11.2. The number of carboxylic acid groups (broad SMARTS) is 1. The molecule has 112 valence electrons. The highest BCUT2D eigenvalue weighted by Crippen LogP contribution is 2.28. The van der Waals surface area contributed by atoms with Crippen molar-refractivity contribution >= 4 is 28.9 Å². The number of thiophene rings is 1. The monoisotopic (exact) mass is 326 g/mol. The second-order valence-electron chi connectivity index (χ2n) is 4.31. The molecule has 0 unspecified atom stereocenters. The van der Waals surface area contributed by atoms with Crippen molar-refractivity contribution in [1.82, 2.24) is 0 Å². The van der Waals surface area contributed by atoms with Crippen molar-refractivity contribution in [2.45, 2.75) is 20.0 Å². The molecule has 6 heteroatoms. The van der Waals surface area contributed by atoms with Crippen LogP contribution >= 0.6 is 22.9 Å². The summed E-state index contributed by atoms with van der Waals surface area (Å²) < 4.78 is 11.8. The topological polar surface area (TPSA) is 55.8 Å². The maximum absolute atomic E-state index is 11.2. The third kappa shape index (κ3) is 4.37. The van der Waals surface area contributed by atoms with Gasteiger partial charge in [-0.05, 0) is 30.7 Å². The van der Waals surface area contributed by atoms with Gasteiger partial charge in [0.05, 0.1) is 10.9 Å². The van der Waals surface area contributed by atoms with Gasteiger partial charge in [-0.3, -0.25) is 0 Å². The zero-order valence-corrected chi connectivity index (χ0v) is 13.0. The molecule has 0 amide bonds.